The smallest absolute Gasteiger partial charge is 0.312 e. The van der Waals surface area contributed by atoms with Gasteiger partial charge in [0.2, 0.25) is 0 Å². The van der Waals surface area contributed by atoms with Crippen molar-refractivity contribution in [2.45, 2.75) is 26.1 Å². The third-order valence-electron chi connectivity index (χ3n) is 1.62. The second-order valence-corrected chi connectivity index (χ2v) is 3.74. The molecule has 1 rings (SSSR count). The van der Waals surface area contributed by atoms with Gasteiger partial charge in [-0.3, -0.25) is 0 Å². The summed E-state index contributed by atoms with van der Waals surface area (Å²) >= 11 is 1.03. The molecule has 0 unspecified atom stereocenters. The van der Waals surface area contributed by atoms with Crippen LogP contribution in [0.2, 0.25) is 0 Å². The minimum Gasteiger partial charge on any atom is -0.312 e. The molecule has 2 nitrogen and oxygen atoms in total. The summed E-state index contributed by atoms with van der Waals surface area (Å²) in [6.45, 7) is 2.92. The van der Waals surface area contributed by atoms with E-state index in [1.807, 2.05) is 6.92 Å². The van der Waals surface area contributed by atoms with Crippen LogP contribution < -0.4 is 5.32 Å². The lowest BCUT2D eigenvalue weighted by Gasteiger charge is -2.06. The molecule has 0 atom stereocenters. The molecule has 0 aromatic carbocycles. The number of rotatable bonds is 4. The average molecular weight is 224 g/mol. The SMILES string of the molecule is CCCNCc1scnc1C(F)(F)F. The van der Waals surface area contributed by atoms with Crippen molar-refractivity contribution in [2.24, 2.45) is 0 Å². The fraction of sp³-hybridized carbons (Fsp3) is 0.625. The van der Waals surface area contributed by atoms with Crippen LogP contribution in [0.1, 0.15) is 23.9 Å². The highest BCUT2D eigenvalue weighted by Gasteiger charge is 2.35. The maximum absolute atomic E-state index is 12.3. The summed E-state index contributed by atoms with van der Waals surface area (Å²) < 4.78 is 36.9. The highest BCUT2D eigenvalue weighted by molar-refractivity contribution is 7.09. The second-order valence-electron chi connectivity index (χ2n) is 2.80. The van der Waals surface area contributed by atoms with Crippen LogP contribution in [0.4, 0.5) is 13.2 Å². The summed E-state index contributed by atoms with van der Waals surface area (Å²) in [6.07, 6.45) is -3.43. The van der Waals surface area contributed by atoms with Gasteiger partial charge in [0, 0.05) is 6.54 Å². The van der Waals surface area contributed by atoms with E-state index in [-0.39, 0.29) is 11.4 Å². The fourth-order valence-electron chi connectivity index (χ4n) is 1.01. The van der Waals surface area contributed by atoms with E-state index in [1.165, 1.54) is 5.51 Å². The molecule has 0 spiro atoms. The van der Waals surface area contributed by atoms with E-state index >= 15 is 0 Å². The monoisotopic (exact) mass is 224 g/mol. The number of thiazole rings is 1. The highest BCUT2D eigenvalue weighted by atomic mass is 32.1. The zero-order valence-electron chi connectivity index (χ0n) is 7.69. The molecule has 14 heavy (non-hydrogen) atoms. The largest absolute Gasteiger partial charge is 0.434 e. The van der Waals surface area contributed by atoms with Gasteiger partial charge in [-0.05, 0) is 13.0 Å². The summed E-state index contributed by atoms with van der Waals surface area (Å²) in [5, 5.41) is 2.92. The lowest BCUT2D eigenvalue weighted by Crippen LogP contribution is -2.16. The highest BCUT2D eigenvalue weighted by Crippen LogP contribution is 2.32. The van der Waals surface area contributed by atoms with Crippen LogP contribution in [0.25, 0.3) is 0 Å². The zero-order chi connectivity index (χ0) is 10.6. The van der Waals surface area contributed by atoms with Gasteiger partial charge in [0.15, 0.2) is 5.69 Å². The third kappa shape index (κ3) is 2.95. The number of alkyl halides is 3. The first kappa shape index (κ1) is 11.5. The van der Waals surface area contributed by atoms with Gasteiger partial charge in [-0.2, -0.15) is 13.2 Å². The minimum atomic E-state index is -4.33. The summed E-state index contributed by atoms with van der Waals surface area (Å²) in [6, 6.07) is 0. The standard InChI is InChI=1S/C8H11F3N2S/c1-2-3-12-4-6-7(8(9,10)11)13-5-14-6/h5,12H,2-4H2,1H3. The van der Waals surface area contributed by atoms with Gasteiger partial charge in [0.1, 0.15) is 0 Å². The molecular weight excluding hydrogens is 213 g/mol. The first-order valence-electron chi connectivity index (χ1n) is 4.26. The van der Waals surface area contributed by atoms with E-state index in [4.69, 9.17) is 0 Å². The summed E-state index contributed by atoms with van der Waals surface area (Å²) in [4.78, 5) is 3.58. The Morgan fingerprint density at radius 1 is 1.50 bits per heavy atom. The van der Waals surface area contributed by atoms with Crippen molar-refractivity contribution < 1.29 is 13.2 Å². The average Bonchev–Trinajstić information content (AvgIpc) is 2.52. The topological polar surface area (TPSA) is 24.9 Å². The van der Waals surface area contributed by atoms with Crippen LogP contribution in [-0.2, 0) is 12.7 Å². The minimum absolute atomic E-state index is 0.243. The lowest BCUT2D eigenvalue weighted by atomic mass is 10.3. The quantitative estimate of drug-likeness (QED) is 0.795. The molecular formula is C8H11F3N2S. The Kier molecular flexibility index (Phi) is 3.88. The predicted molar refractivity (Wildman–Crippen MR) is 49.1 cm³/mol. The predicted octanol–water partition coefficient (Wildman–Crippen LogP) is 2.66. The van der Waals surface area contributed by atoms with Gasteiger partial charge in [-0.1, -0.05) is 6.92 Å². The van der Waals surface area contributed by atoms with Gasteiger partial charge in [-0.25, -0.2) is 4.98 Å². The number of halogens is 3. The van der Waals surface area contributed by atoms with Crippen LogP contribution >= 0.6 is 11.3 Å². The Hall–Kier alpha value is -0.620. The summed E-state index contributed by atoms with van der Waals surface area (Å²) in [5.74, 6) is 0. The van der Waals surface area contributed by atoms with Crippen LogP contribution in [0.5, 0.6) is 0 Å². The molecule has 0 fully saturated rings. The van der Waals surface area contributed by atoms with Crippen molar-refractivity contribution in [3.8, 4) is 0 Å². The molecule has 1 aromatic rings. The molecule has 0 aliphatic rings. The first-order chi connectivity index (χ1) is 6.55. The van der Waals surface area contributed by atoms with E-state index in [1.54, 1.807) is 0 Å². The van der Waals surface area contributed by atoms with E-state index in [0.717, 1.165) is 24.3 Å². The maximum Gasteiger partial charge on any atom is 0.434 e. The number of nitrogens with zero attached hydrogens (tertiary/aromatic N) is 1. The number of aromatic nitrogens is 1. The van der Waals surface area contributed by atoms with Crippen molar-refractivity contribution in [1.29, 1.82) is 0 Å². The summed E-state index contributed by atoms with van der Waals surface area (Å²) in [7, 11) is 0. The van der Waals surface area contributed by atoms with Gasteiger partial charge < -0.3 is 5.32 Å². The molecule has 6 heteroatoms. The second kappa shape index (κ2) is 4.75. The Bertz CT molecular complexity index is 282. The zero-order valence-corrected chi connectivity index (χ0v) is 8.50. The summed E-state index contributed by atoms with van der Waals surface area (Å²) in [5.41, 5.74) is 0.470. The molecule has 1 heterocycles. The van der Waals surface area contributed by atoms with Crippen LogP contribution in [0, 0.1) is 0 Å². The molecule has 0 radical (unpaired) electrons. The van der Waals surface area contributed by atoms with Gasteiger partial charge in [0.05, 0.1) is 10.4 Å². The molecule has 1 aromatic heterocycles. The van der Waals surface area contributed by atoms with Crippen molar-refractivity contribution in [3.05, 3.63) is 16.1 Å². The molecule has 0 saturated carbocycles. The molecule has 1 N–H and O–H groups in total. The molecule has 0 saturated heterocycles. The van der Waals surface area contributed by atoms with Crippen LogP contribution in [0.3, 0.4) is 0 Å². The van der Waals surface area contributed by atoms with Crippen LogP contribution in [0.15, 0.2) is 5.51 Å². The molecule has 0 aliphatic heterocycles. The van der Waals surface area contributed by atoms with Gasteiger partial charge in [0.25, 0.3) is 0 Å². The first-order valence-corrected chi connectivity index (χ1v) is 5.14. The van der Waals surface area contributed by atoms with Crippen LogP contribution in [-0.4, -0.2) is 11.5 Å². The van der Waals surface area contributed by atoms with E-state index in [0.29, 0.717) is 0 Å². The number of hydrogen-bond acceptors (Lipinski definition) is 3. The third-order valence-corrected chi connectivity index (χ3v) is 2.45. The Balaban J connectivity index is 2.63. The van der Waals surface area contributed by atoms with Crippen molar-refractivity contribution in [1.82, 2.24) is 10.3 Å². The van der Waals surface area contributed by atoms with E-state index in [2.05, 4.69) is 10.3 Å². The molecule has 0 amide bonds. The van der Waals surface area contributed by atoms with E-state index in [9.17, 15) is 13.2 Å². The van der Waals surface area contributed by atoms with Crippen molar-refractivity contribution in [2.75, 3.05) is 6.54 Å². The molecule has 0 bridgehead atoms. The number of nitrogens with one attached hydrogen (secondary N) is 1. The fourth-order valence-corrected chi connectivity index (χ4v) is 1.76. The molecule has 0 aliphatic carbocycles. The van der Waals surface area contributed by atoms with E-state index < -0.39 is 11.9 Å². The van der Waals surface area contributed by atoms with Crippen molar-refractivity contribution >= 4 is 11.3 Å². The van der Waals surface area contributed by atoms with Gasteiger partial charge in [-0.15, -0.1) is 11.3 Å². The molecule has 80 valence electrons. The number of hydrogen-bond donors (Lipinski definition) is 1. The normalized spacial score (nSPS) is 12.0. The Labute approximate surface area is 84.2 Å². The van der Waals surface area contributed by atoms with Gasteiger partial charge >= 0.3 is 6.18 Å². The van der Waals surface area contributed by atoms with Crippen molar-refractivity contribution in [3.63, 3.8) is 0 Å². The maximum atomic E-state index is 12.3. The lowest BCUT2D eigenvalue weighted by molar-refractivity contribution is -0.141. The Morgan fingerprint density at radius 2 is 2.21 bits per heavy atom. The Morgan fingerprint density at radius 3 is 2.79 bits per heavy atom.